The highest BCUT2D eigenvalue weighted by Gasteiger charge is 2.23. The minimum Gasteiger partial charge on any atom is -0.379 e. The van der Waals surface area contributed by atoms with Crippen molar-refractivity contribution in [3.05, 3.63) is 51.4 Å². The first-order valence-corrected chi connectivity index (χ1v) is 12.3. The van der Waals surface area contributed by atoms with Crippen LogP contribution in [0.3, 0.4) is 0 Å². The van der Waals surface area contributed by atoms with Gasteiger partial charge in [-0.1, -0.05) is 23.5 Å². The summed E-state index contributed by atoms with van der Waals surface area (Å²) in [4.78, 5) is 51.6. The van der Waals surface area contributed by atoms with Crippen molar-refractivity contribution in [2.24, 2.45) is 14.1 Å². The standard InChI is InChI=1S/C23H27N7O4S/c1-26-20-19(21(32)27(2)23(26)33)29(15-24-20)14-18(31)30(9-5-8-28-10-12-34-13-11-28)22-25-16-6-3-4-7-17(16)35-22/h3-4,6-7,15H,5,8-14H2,1-2H3. The molecule has 0 bridgehead atoms. The zero-order valence-corrected chi connectivity index (χ0v) is 20.5. The molecule has 1 fully saturated rings. The van der Waals surface area contributed by atoms with Crippen molar-refractivity contribution in [2.75, 3.05) is 44.3 Å². The lowest BCUT2D eigenvalue weighted by Gasteiger charge is -2.27. The van der Waals surface area contributed by atoms with E-state index in [4.69, 9.17) is 9.72 Å². The maximum Gasteiger partial charge on any atom is 0.332 e. The van der Waals surface area contributed by atoms with E-state index in [1.165, 1.54) is 33.8 Å². The highest BCUT2D eigenvalue weighted by molar-refractivity contribution is 7.22. The number of imidazole rings is 1. The highest BCUT2D eigenvalue weighted by atomic mass is 32.1. The molecule has 0 aliphatic carbocycles. The molecule has 0 saturated carbocycles. The zero-order chi connectivity index (χ0) is 24.5. The van der Waals surface area contributed by atoms with Crippen LogP contribution >= 0.6 is 11.3 Å². The van der Waals surface area contributed by atoms with E-state index in [0.717, 1.165) is 54.1 Å². The SMILES string of the molecule is Cn1c(=O)c2c(ncn2CC(=O)N(CCCN2CCOCC2)c2nc3ccccc3s2)n(C)c1=O. The van der Waals surface area contributed by atoms with E-state index in [1.807, 2.05) is 24.3 Å². The Kier molecular flexibility index (Phi) is 6.50. The molecule has 4 heterocycles. The number of aryl methyl sites for hydroxylation is 1. The average Bonchev–Trinajstić information content (AvgIpc) is 3.49. The van der Waals surface area contributed by atoms with Crippen molar-refractivity contribution in [3.8, 4) is 0 Å². The van der Waals surface area contributed by atoms with Gasteiger partial charge in [0.15, 0.2) is 16.3 Å². The van der Waals surface area contributed by atoms with Gasteiger partial charge >= 0.3 is 5.69 Å². The molecule has 1 aliphatic rings. The van der Waals surface area contributed by atoms with E-state index >= 15 is 0 Å². The van der Waals surface area contributed by atoms with Crippen LogP contribution in [0.1, 0.15) is 6.42 Å². The van der Waals surface area contributed by atoms with Crippen LogP contribution in [0.15, 0.2) is 40.2 Å². The molecule has 11 nitrogen and oxygen atoms in total. The minimum atomic E-state index is -0.479. The van der Waals surface area contributed by atoms with Crippen molar-refractivity contribution >= 4 is 43.8 Å². The smallest absolute Gasteiger partial charge is 0.332 e. The van der Waals surface area contributed by atoms with Gasteiger partial charge in [0, 0.05) is 40.3 Å². The Morgan fingerprint density at radius 1 is 1.14 bits per heavy atom. The fourth-order valence-corrected chi connectivity index (χ4v) is 5.34. The summed E-state index contributed by atoms with van der Waals surface area (Å²) in [5, 5.41) is 0.628. The van der Waals surface area contributed by atoms with Gasteiger partial charge in [0.05, 0.1) is 29.8 Å². The Morgan fingerprint density at radius 3 is 2.69 bits per heavy atom. The van der Waals surface area contributed by atoms with E-state index in [0.29, 0.717) is 11.7 Å². The van der Waals surface area contributed by atoms with E-state index in [-0.39, 0.29) is 23.6 Å². The molecule has 5 rings (SSSR count). The number of fused-ring (bicyclic) bond motifs is 2. The molecule has 4 aromatic rings. The monoisotopic (exact) mass is 497 g/mol. The van der Waals surface area contributed by atoms with Crippen molar-refractivity contribution in [2.45, 2.75) is 13.0 Å². The van der Waals surface area contributed by atoms with Gasteiger partial charge in [-0.3, -0.25) is 28.5 Å². The number of amides is 1. The maximum atomic E-state index is 13.6. The van der Waals surface area contributed by atoms with Crippen LogP contribution < -0.4 is 16.1 Å². The van der Waals surface area contributed by atoms with Crippen LogP contribution in [0.25, 0.3) is 21.4 Å². The molecule has 0 unspecified atom stereocenters. The summed E-state index contributed by atoms with van der Waals surface area (Å²) < 4.78 is 10.3. The molecule has 1 aliphatic heterocycles. The molecular weight excluding hydrogens is 470 g/mol. The summed E-state index contributed by atoms with van der Waals surface area (Å²) in [6, 6.07) is 7.79. The third-order valence-corrected chi connectivity index (χ3v) is 7.36. The quantitative estimate of drug-likeness (QED) is 0.372. The van der Waals surface area contributed by atoms with Crippen LogP contribution in [-0.2, 0) is 30.2 Å². The van der Waals surface area contributed by atoms with Gasteiger partial charge in [-0.2, -0.15) is 0 Å². The summed E-state index contributed by atoms with van der Waals surface area (Å²) in [6.45, 7) is 4.50. The molecule has 0 atom stereocenters. The number of anilines is 1. The predicted molar refractivity (Wildman–Crippen MR) is 134 cm³/mol. The van der Waals surface area contributed by atoms with Gasteiger partial charge in [-0.15, -0.1) is 0 Å². The van der Waals surface area contributed by atoms with Crippen molar-refractivity contribution in [1.82, 2.24) is 28.6 Å². The number of morpholine rings is 1. The Bertz CT molecular complexity index is 1460. The van der Waals surface area contributed by atoms with Gasteiger partial charge in [0.25, 0.3) is 5.56 Å². The number of hydrogen-bond acceptors (Lipinski definition) is 8. The summed E-state index contributed by atoms with van der Waals surface area (Å²) in [5.74, 6) is -0.193. The Balaban J connectivity index is 1.43. The van der Waals surface area contributed by atoms with E-state index in [9.17, 15) is 14.4 Å². The lowest BCUT2D eigenvalue weighted by molar-refractivity contribution is -0.119. The number of carbonyl (C=O) groups excluding carboxylic acids is 1. The number of rotatable bonds is 7. The van der Waals surface area contributed by atoms with E-state index < -0.39 is 11.2 Å². The molecule has 1 amide bonds. The van der Waals surface area contributed by atoms with Crippen LogP contribution in [0.4, 0.5) is 5.13 Å². The fourth-order valence-electron chi connectivity index (χ4n) is 4.33. The molecule has 1 saturated heterocycles. The lowest BCUT2D eigenvalue weighted by atomic mass is 10.3. The number of ether oxygens (including phenoxy) is 1. The Hall–Kier alpha value is -3.35. The van der Waals surface area contributed by atoms with E-state index in [2.05, 4.69) is 9.88 Å². The first-order valence-electron chi connectivity index (χ1n) is 11.5. The number of benzene rings is 1. The van der Waals surface area contributed by atoms with Crippen LogP contribution in [0, 0.1) is 0 Å². The highest BCUT2D eigenvalue weighted by Crippen LogP contribution is 2.29. The van der Waals surface area contributed by atoms with Gasteiger partial charge in [0.2, 0.25) is 5.91 Å². The summed E-state index contributed by atoms with van der Waals surface area (Å²) >= 11 is 1.47. The molecule has 35 heavy (non-hydrogen) atoms. The second kappa shape index (κ2) is 9.72. The van der Waals surface area contributed by atoms with Crippen LogP contribution in [0.2, 0.25) is 0 Å². The van der Waals surface area contributed by atoms with E-state index in [1.54, 1.807) is 11.9 Å². The third kappa shape index (κ3) is 4.51. The molecular formula is C23H27N7O4S. The topological polar surface area (TPSA) is 107 Å². The molecule has 12 heteroatoms. The van der Waals surface area contributed by atoms with Crippen LogP contribution in [-0.4, -0.2) is 73.9 Å². The van der Waals surface area contributed by atoms with Crippen molar-refractivity contribution in [1.29, 1.82) is 0 Å². The number of thiazole rings is 1. The largest absolute Gasteiger partial charge is 0.379 e. The summed E-state index contributed by atoms with van der Waals surface area (Å²) in [7, 11) is 2.98. The minimum absolute atomic E-state index is 0.0859. The maximum absolute atomic E-state index is 13.6. The summed E-state index contributed by atoms with van der Waals surface area (Å²) in [5.41, 5.74) is 0.381. The second-order valence-corrected chi connectivity index (χ2v) is 9.58. The molecule has 0 radical (unpaired) electrons. The van der Waals surface area contributed by atoms with Crippen molar-refractivity contribution < 1.29 is 9.53 Å². The lowest BCUT2D eigenvalue weighted by Crippen LogP contribution is -2.40. The number of para-hydroxylation sites is 1. The molecule has 184 valence electrons. The molecule has 0 N–H and O–H groups in total. The molecule has 0 spiro atoms. The number of hydrogen-bond donors (Lipinski definition) is 0. The second-order valence-electron chi connectivity index (χ2n) is 8.57. The van der Waals surface area contributed by atoms with Gasteiger partial charge in [-0.25, -0.2) is 14.8 Å². The first kappa shape index (κ1) is 23.4. The fraction of sp³-hybridized carbons (Fsp3) is 0.435. The summed E-state index contributed by atoms with van der Waals surface area (Å²) in [6.07, 6.45) is 2.22. The number of nitrogens with zero attached hydrogens (tertiary/aromatic N) is 7. The van der Waals surface area contributed by atoms with Gasteiger partial charge in [-0.05, 0) is 18.6 Å². The van der Waals surface area contributed by atoms with Gasteiger partial charge < -0.3 is 9.30 Å². The average molecular weight is 498 g/mol. The van der Waals surface area contributed by atoms with Gasteiger partial charge in [0.1, 0.15) is 6.54 Å². The normalized spacial score (nSPS) is 14.7. The third-order valence-electron chi connectivity index (χ3n) is 6.30. The predicted octanol–water partition coefficient (Wildman–Crippen LogP) is 0.799. The Labute approximate surface area is 204 Å². The first-order chi connectivity index (χ1) is 16.9. The molecule has 3 aromatic heterocycles. The van der Waals surface area contributed by atoms with Crippen molar-refractivity contribution in [3.63, 3.8) is 0 Å². The van der Waals surface area contributed by atoms with Crippen LogP contribution in [0.5, 0.6) is 0 Å². The molecule has 1 aromatic carbocycles. The Morgan fingerprint density at radius 2 is 1.91 bits per heavy atom. The zero-order valence-electron chi connectivity index (χ0n) is 19.7. The number of aromatic nitrogens is 5. The number of carbonyl (C=O) groups is 1.